The van der Waals surface area contributed by atoms with Gasteiger partial charge in [-0.3, -0.25) is 14.3 Å². The van der Waals surface area contributed by atoms with E-state index >= 15 is 0 Å². The highest BCUT2D eigenvalue weighted by Gasteiger charge is 2.27. The average Bonchev–Trinajstić information content (AvgIpc) is 2.75. The maximum atomic E-state index is 13.4. The first-order chi connectivity index (χ1) is 14.6. The van der Waals surface area contributed by atoms with E-state index in [9.17, 15) is 9.90 Å². The minimum atomic E-state index is -0.615. The molecule has 30 heavy (non-hydrogen) atoms. The van der Waals surface area contributed by atoms with E-state index in [-0.39, 0.29) is 5.56 Å². The second-order valence-electron chi connectivity index (χ2n) is 7.91. The number of fused-ring (bicyclic) bond motifs is 3. The molecule has 5 rings (SSSR count). The molecular weight excluding hydrogens is 378 g/mol. The molecule has 0 aliphatic carbocycles. The van der Waals surface area contributed by atoms with Gasteiger partial charge in [0, 0.05) is 23.9 Å². The van der Waals surface area contributed by atoms with Crippen molar-refractivity contribution in [1.29, 1.82) is 0 Å². The zero-order valence-corrected chi connectivity index (χ0v) is 16.8. The summed E-state index contributed by atoms with van der Waals surface area (Å²) in [5.41, 5.74) is 3.72. The normalized spacial score (nSPS) is 19.4. The third-order valence-electron chi connectivity index (χ3n) is 5.88. The fourth-order valence-corrected chi connectivity index (χ4v) is 4.34. The van der Waals surface area contributed by atoms with Gasteiger partial charge in [-0.1, -0.05) is 24.3 Å². The zero-order valence-electron chi connectivity index (χ0n) is 16.8. The molecule has 1 saturated heterocycles. The summed E-state index contributed by atoms with van der Waals surface area (Å²) in [5, 5.41) is 13.0. The summed E-state index contributed by atoms with van der Waals surface area (Å²) in [4.78, 5) is 22.3. The van der Waals surface area contributed by atoms with Gasteiger partial charge in [-0.2, -0.15) is 0 Å². The number of aliphatic hydroxyl groups is 1. The van der Waals surface area contributed by atoms with Crippen LogP contribution in [0.1, 0.15) is 29.3 Å². The van der Waals surface area contributed by atoms with Crippen LogP contribution in [0.5, 0.6) is 0 Å². The lowest BCUT2D eigenvalue weighted by Crippen LogP contribution is -2.39. The van der Waals surface area contributed by atoms with Crippen LogP contribution in [0.3, 0.4) is 0 Å². The Balaban J connectivity index is 1.71. The number of hydrogen-bond acceptors (Lipinski definition) is 5. The minimum Gasteiger partial charge on any atom is -0.391 e. The molecule has 1 N–H and O–H groups in total. The van der Waals surface area contributed by atoms with Crippen molar-refractivity contribution in [2.45, 2.75) is 31.9 Å². The Morgan fingerprint density at radius 3 is 2.77 bits per heavy atom. The molecule has 6 nitrogen and oxygen atoms in total. The quantitative estimate of drug-likeness (QED) is 0.534. The number of aromatic nitrogens is 3. The maximum Gasteiger partial charge on any atom is 0.261 e. The number of pyridine rings is 1. The van der Waals surface area contributed by atoms with E-state index in [0.717, 1.165) is 27.6 Å². The van der Waals surface area contributed by atoms with Gasteiger partial charge in [-0.15, -0.1) is 0 Å². The smallest absolute Gasteiger partial charge is 0.261 e. The van der Waals surface area contributed by atoms with Crippen LogP contribution < -0.4 is 5.56 Å². The number of nitrogens with zero attached hydrogens (tertiary/aromatic N) is 3. The lowest BCUT2D eigenvalue weighted by molar-refractivity contribution is -0.0303. The van der Waals surface area contributed by atoms with Gasteiger partial charge in [0.1, 0.15) is 0 Å². The highest BCUT2D eigenvalue weighted by molar-refractivity contribution is 6.06. The van der Waals surface area contributed by atoms with Crippen LogP contribution in [0, 0.1) is 6.92 Å². The topological polar surface area (TPSA) is 77.2 Å². The van der Waals surface area contributed by atoms with Gasteiger partial charge in [0.25, 0.3) is 5.56 Å². The van der Waals surface area contributed by atoms with Gasteiger partial charge < -0.3 is 9.84 Å². The van der Waals surface area contributed by atoms with Gasteiger partial charge in [0.2, 0.25) is 0 Å². The molecule has 0 amide bonds. The van der Waals surface area contributed by atoms with E-state index in [2.05, 4.69) is 22.1 Å². The van der Waals surface area contributed by atoms with Gasteiger partial charge >= 0.3 is 0 Å². The first-order valence-corrected chi connectivity index (χ1v) is 10.2. The molecule has 0 radical (unpaired) electrons. The van der Waals surface area contributed by atoms with Crippen LogP contribution in [0.4, 0.5) is 0 Å². The van der Waals surface area contributed by atoms with E-state index in [1.54, 1.807) is 6.33 Å². The van der Waals surface area contributed by atoms with Crippen molar-refractivity contribution in [2.24, 2.45) is 0 Å². The van der Waals surface area contributed by atoms with Crippen molar-refractivity contribution < 1.29 is 9.84 Å². The number of aliphatic hydroxyl groups excluding tert-OH is 1. The Bertz CT molecular complexity index is 1300. The predicted molar refractivity (Wildman–Crippen MR) is 116 cm³/mol. The van der Waals surface area contributed by atoms with Crippen molar-refractivity contribution in [3.63, 3.8) is 0 Å². The Labute approximate surface area is 173 Å². The molecule has 2 atom stereocenters. The van der Waals surface area contributed by atoms with Crippen molar-refractivity contribution in [2.75, 3.05) is 13.2 Å². The summed E-state index contributed by atoms with van der Waals surface area (Å²) in [6.45, 7) is 2.79. The average molecular weight is 401 g/mol. The van der Waals surface area contributed by atoms with Crippen LogP contribution >= 0.6 is 0 Å². The monoisotopic (exact) mass is 401 g/mol. The highest BCUT2D eigenvalue weighted by Crippen LogP contribution is 2.28. The summed E-state index contributed by atoms with van der Waals surface area (Å²) in [6, 6.07) is 13.7. The van der Waals surface area contributed by atoms with Crippen LogP contribution in [0.2, 0.25) is 0 Å². The minimum absolute atomic E-state index is 0.146. The van der Waals surface area contributed by atoms with Gasteiger partial charge in [0.05, 0.1) is 36.0 Å². The summed E-state index contributed by atoms with van der Waals surface area (Å²) >= 11 is 0. The molecule has 1 aliphatic heterocycles. The predicted octanol–water partition coefficient (Wildman–Crippen LogP) is 3.17. The molecule has 1 aliphatic rings. The third kappa shape index (κ3) is 3.28. The second kappa shape index (κ2) is 7.63. The lowest BCUT2D eigenvalue weighted by atomic mass is 9.96. The van der Waals surface area contributed by atoms with E-state index < -0.39 is 12.1 Å². The van der Waals surface area contributed by atoms with E-state index in [0.29, 0.717) is 37.0 Å². The molecule has 0 bridgehead atoms. The fraction of sp³-hybridized carbons (Fsp3) is 0.292. The van der Waals surface area contributed by atoms with Crippen LogP contribution in [-0.2, 0) is 11.2 Å². The summed E-state index contributed by atoms with van der Waals surface area (Å²) in [6.07, 6.45) is 3.96. The van der Waals surface area contributed by atoms with Crippen LogP contribution in [0.15, 0.2) is 59.8 Å². The summed E-state index contributed by atoms with van der Waals surface area (Å²) in [7, 11) is 0. The molecule has 152 valence electrons. The molecule has 6 heteroatoms. The van der Waals surface area contributed by atoms with E-state index in [1.165, 1.54) is 4.57 Å². The van der Waals surface area contributed by atoms with E-state index in [1.807, 2.05) is 43.5 Å². The summed E-state index contributed by atoms with van der Waals surface area (Å²) in [5.74, 6) is 0. The number of benzene rings is 2. The Morgan fingerprint density at radius 1 is 1.13 bits per heavy atom. The van der Waals surface area contributed by atoms with Crippen molar-refractivity contribution in [3.05, 3.63) is 82.2 Å². The largest absolute Gasteiger partial charge is 0.391 e. The molecule has 0 spiro atoms. The lowest BCUT2D eigenvalue weighted by Gasteiger charge is -2.29. The standard InChI is InChI=1S/C24H23N3O3/c1-15-10-16(6-8-25-15)11-17-12-20-23(19-5-3-2-4-18(17)19)26-14-27(24(20)29)21-13-30-9-7-22(21)28/h2-6,8,10,12,14,21-22,28H,7,9,11,13H2,1H3. The van der Waals surface area contributed by atoms with Crippen LogP contribution in [-0.4, -0.2) is 39.0 Å². The maximum absolute atomic E-state index is 13.4. The second-order valence-corrected chi connectivity index (χ2v) is 7.91. The van der Waals surface area contributed by atoms with Crippen molar-refractivity contribution >= 4 is 21.7 Å². The van der Waals surface area contributed by atoms with Crippen molar-refractivity contribution in [1.82, 2.24) is 14.5 Å². The Kier molecular flexibility index (Phi) is 4.81. The fourth-order valence-electron chi connectivity index (χ4n) is 4.34. The van der Waals surface area contributed by atoms with Gasteiger partial charge in [0.15, 0.2) is 0 Å². The van der Waals surface area contributed by atoms with Gasteiger partial charge in [-0.05, 0) is 54.5 Å². The first kappa shape index (κ1) is 18.9. The molecule has 3 heterocycles. The van der Waals surface area contributed by atoms with Crippen molar-refractivity contribution in [3.8, 4) is 0 Å². The molecule has 4 aromatic rings. The molecular formula is C24H23N3O3. The molecule has 2 aromatic heterocycles. The third-order valence-corrected chi connectivity index (χ3v) is 5.88. The number of rotatable bonds is 3. The number of ether oxygens (including phenoxy) is 1. The van der Waals surface area contributed by atoms with E-state index in [4.69, 9.17) is 4.74 Å². The van der Waals surface area contributed by atoms with Crippen LogP contribution in [0.25, 0.3) is 21.7 Å². The number of hydrogen-bond donors (Lipinski definition) is 1. The first-order valence-electron chi connectivity index (χ1n) is 10.2. The molecule has 2 unspecified atom stereocenters. The molecule has 1 fully saturated rings. The highest BCUT2D eigenvalue weighted by atomic mass is 16.5. The Morgan fingerprint density at radius 2 is 1.97 bits per heavy atom. The molecule has 0 saturated carbocycles. The Hall–Kier alpha value is -3.09. The molecule has 2 aromatic carbocycles. The number of aryl methyl sites for hydroxylation is 1. The van der Waals surface area contributed by atoms with Gasteiger partial charge in [-0.25, -0.2) is 4.98 Å². The summed E-state index contributed by atoms with van der Waals surface area (Å²) < 4.78 is 7.03. The SMILES string of the molecule is Cc1cc(Cc2cc3c(=O)n(C4COCCC4O)cnc3c3ccccc23)ccn1. The zero-order chi connectivity index (χ0) is 20.7.